The molecule has 6 aromatic rings. The molecule has 6 rings (SSSR count). The first-order valence-corrected chi connectivity index (χ1v) is 22.2. The molecule has 0 aliphatic heterocycles. The molecule has 6 aromatic carbocycles. The Balaban J connectivity index is 1.32. The summed E-state index contributed by atoms with van der Waals surface area (Å²) in [6, 6.07) is 53.5. The first kappa shape index (κ1) is 43.4. The average Bonchev–Trinajstić information content (AvgIpc) is 3.29. The number of hydrogen-bond acceptors (Lipinski definition) is 4. The van der Waals surface area contributed by atoms with Crippen LogP contribution in [0.5, 0.6) is 0 Å². The van der Waals surface area contributed by atoms with E-state index in [1.54, 1.807) is 14.2 Å². The Morgan fingerprint density at radius 2 is 0.525 bits per heavy atom. The van der Waals surface area contributed by atoms with Gasteiger partial charge in [-0.15, -0.1) is 0 Å². The van der Waals surface area contributed by atoms with Gasteiger partial charge in [0, 0.05) is 59.5 Å². The van der Waals surface area contributed by atoms with Crippen molar-refractivity contribution in [2.24, 2.45) is 0 Å². The standard InChI is InChI=1S/C55H66N2O2/c1-7-11-15-43-19-31-49(32-20-43)56(50-33-21-44(22-34-50)16-12-8-2)53-39-27-47(28-40-53)55(58-5,59-6)48-29-41-54(42-30-48)57(51-35-23-45(24-36-51)17-13-9-3)52-37-25-46(26-38-52)18-14-10-4/h19-42H,7-18H2,1-6H3. The predicted molar refractivity (Wildman–Crippen MR) is 251 cm³/mol. The van der Waals surface area contributed by atoms with Crippen molar-refractivity contribution in [1.29, 1.82) is 0 Å². The van der Waals surface area contributed by atoms with Crippen molar-refractivity contribution >= 4 is 34.1 Å². The summed E-state index contributed by atoms with van der Waals surface area (Å²) in [6.07, 6.45) is 14.0. The lowest BCUT2D eigenvalue weighted by atomic mass is 9.95. The SMILES string of the molecule is CCCCc1ccc(N(c2ccc(CCCC)cc2)c2ccc(C(OC)(OC)c3ccc(N(c4ccc(CCCC)cc4)c4ccc(CCCC)cc4)cc3)cc2)cc1. The van der Waals surface area contributed by atoms with Crippen LogP contribution >= 0.6 is 0 Å². The Morgan fingerprint density at radius 3 is 0.712 bits per heavy atom. The lowest BCUT2D eigenvalue weighted by Crippen LogP contribution is -2.32. The van der Waals surface area contributed by atoms with E-state index in [-0.39, 0.29) is 0 Å². The van der Waals surface area contributed by atoms with Crippen LogP contribution in [0.25, 0.3) is 0 Å². The average molecular weight is 787 g/mol. The molecule has 308 valence electrons. The van der Waals surface area contributed by atoms with Crippen molar-refractivity contribution in [1.82, 2.24) is 0 Å². The minimum absolute atomic E-state index is 0.922. The molecule has 0 aromatic heterocycles. The van der Waals surface area contributed by atoms with E-state index in [0.717, 1.165) is 70.9 Å². The first-order chi connectivity index (χ1) is 29.0. The summed E-state index contributed by atoms with van der Waals surface area (Å²) < 4.78 is 12.7. The molecule has 0 radical (unpaired) electrons. The van der Waals surface area contributed by atoms with Gasteiger partial charge in [0.25, 0.3) is 0 Å². The first-order valence-electron chi connectivity index (χ1n) is 22.2. The number of anilines is 6. The summed E-state index contributed by atoms with van der Waals surface area (Å²) in [5.74, 6) is -1.10. The van der Waals surface area contributed by atoms with E-state index in [2.05, 4.69) is 183 Å². The maximum atomic E-state index is 6.33. The molecule has 0 heterocycles. The molecule has 0 N–H and O–H groups in total. The highest BCUT2D eigenvalue weighted by Crippen LogP contribution is 2.41. The van der Waals surface area contributed by atoms with Crippen LogP contribution in [-0.4, -0.2) is 14.2 Å². The van der Waals surface area contributed by atoms with Gasteiger partial charge in [-0.2, -0.15) is 0 Å². The third-order valence-corrected chi connectivity index (χ3v) is 11.6. The number of aryl methyl sites for hydroxylation is 4. The predicted octanol–water partition coefficient (Wildman–Crippen LogP) is 15.5. The van der Waals surface area contributed by atoms with E-state index in [0.29, 0.717) is 0 Å². The molecule has 0 aliphatic carbocycles. The fraction of sp³-hybridized carbons (Fsp3) is 0.345. The number of nitrogens with zero attached hydrogens (tertiary/aromatic N) is 2. The third-order valence-electron chi connectivity index (χ3n) is 11.6. The molecule has 0 amide bonds. The fourth-order valence-electron chi connectivity index (χ4n) is 8.05. The highest BCUT2D eigenvalue weighted by molar-refractivity contribution is 5.78. The van der Waals surface area contributed by atoms with Gasteiger partial charge in [-0.05, 0) is 146 Å². The number of ether oxygens (including phenoxy) is 2. The van der Waals surface area contributed by atoms with Crippen LogP contribution in [0.15, 0.2) is 146 Å². The van der Waals surface area contributed by atoms with Gasteiger partial charge < -0.3 is 19.3 Å². The molecule has 0 spiro atoms. The maximum Gasteiger partial charge on any atom is 0.221 e. The summed E-state index contributed by atoms with van der Waals surface area (Å²) in [4.78, 5) is 4.68. The number of benzene rings is 6. The van der Waals surface area contributed by atoms with Crippen molar-refractivity contribution in [2.45, 2.75) is 111 Å². The Kier molecular flexibility index (Phi) is 16.0. The van der Waals surface area contributed by atoms with Gasteiger partial charge in [-0.3, -0.25) is 0 Å². The van der Waals surface area contributed by atoms with E-state index >= 15 is 0 Å². The molecule has 0 bridgehead atoms. The highest BCUT2D eigenvalue weighted by Gasteiger charge is 2.35. The molecule has 0 atom stereocenters. The number of hydrogen-bond donors (Lipinski definition) is 0. The summed E-state index contributed by atoms with van der Waals surface area (Å²) in [5.41, 5.74) is 14.0. The summed E-state index contributed by atoms with van der Waals surface area (Å²) in [6.45, 7) is 8.99. The molecule has 0 aliphatic rings. The van der Waals surface area contributed by atoms with Gasteiger partial charge in [0.1, 0.15) is 0 Å². The number of rotatable bonds is 22. The van der Waals surface area contributed by atoms with E-state index in [4.69, 9.17) is 9.47 Å². The normalized spacial score (nSPS) is 11.5. The molecule has 0 saturated heterocycles. The summed E-state index contributed by atoms with van der Waals surface area (Å²) >= 11 is 0. The van der Waals surface area contributed by atoms with Gasteiger partial charge in [-0.1, -0.05) is 126 Å². The van der Waals surface area contributed by atoms with Crippen LogP contribution in [0, 0.1) is 0 Å². The second-order valence-electron chi connectivity index (χ2n) is 15.9. The Bertz CT molecular complexity index is 1850. The number of methoxy groups -OCH3 is 2. The van der Waals surface area contributed by atoms with Gasteiger partial charge in [0.15, 0.2) is 0 Å². The van der Waals surface area contributed by atoms with Gasteiger partial charge >= 0.3 is 0 Å². The molecule has 4 heteroatoms. The van der Waals surface area contributed by atoms with Gasteiger partial charge in [-0.25, -0.2) is 0 Å². The minimum Gasteiger partial charge on any atom is -0.346 e. The lowest BCUT2D eigenvalue weighted by molar-refractivity contribution is -0.183. The van der Waals surface area contributed by atoms with Crippen molar-refractivity contribution in [3.63, 3.8) is 0 Å². The van der Waals surface area contributed by atoms with Crippen molar-refractivity contribution in [2.75, 3.05) is 24.0 Å². The smallest absolute Gasteiger partial charge is 0.221 e. The lowest BCUT2D eigenvalue weighted by Gasteiger charge is -2.33. The molecule has 4 nitrogen and oxygen atoms in total. The van der Waals surface area contributed by atoms with Crippen LogP contribution in [0.3, 0.4) is 0 Å². The van der Waals surface area contributed by atoms with E-state index in [1.165, 1.54) is 73.6 Å². The molecule has 0 fully saturated rings. The van der Waals surface area contributed by atoms with Crippen LogP contribution in [-0.2, 0) is 40.9 Å². The molecular formula is C55H66N2O2. The second-order valence-corrected chi connectivity index (χ2v) is 15.9. The zero-order valence-electron chi connectivity index (χ0n) is 36.6. The molecule has 0 unspecified atom stereocenters. The van der Waals surface area contributed by atoms with Crippen LogP contribution in [0.1, 0.15) is 112 Å². The van der Waals surface area contributed by atoms with Crippen LogP contribution in [0.4, 0.5) is 34.1 Å². The Morgan fingerprint density at radius 1 is 0.322 bits per heavy atom. The fourth-order valence-corrected chi connectivity index (χ4v) is 8.05. The molecular weight excluding hydrogens is 721 g/mol. The topological polar surface area (TPSA) is 24.9 Å². The quantitative estimate of drug-likeness (QED) is 0.0640. The molecule has 0 saturated carbocycles. The van der Waals surface area contributed by atoms with Crippen LogP contribution in [0.2, 0.25) is 0 Å². The van der Waals surface area contributed by atoms with Gasteiger partial charge in [0.05, 0.1) is 0 Å². The zero-order chi connectivity index (χ0) is 41.5. The summed E-state index contributed by atoms with van der Waals surface area (Å²) in [5, 5.41) is 0. The van der Waals surface area contributed by atoms with Gasteiger partial charge in [0.2, 0.25) is 5.79 Å². The Labute approximate surface area is 355 Å². The number of unbranched alkanes of at least 4 members (excludes halogenated alkanes) is 4. The second kappa shape index (κ2) is 21.7. The van der Waals surface area contributed by atoms with Crippen molar-refractivity contribution in [3.05, 3.63) is 179 Å². The highest BCUT2D eigenvalue weighted by atomic mass is 16.7. The van der Waals surface area contributed by atoms with Crippen molar-refractivity contribution in [3.8, 4) is 0 Å². The van der Waals surface area contributed by atoms with Crippen LogP contribution < -0.4 is 9.80 Å². The Hall–Kier alpha value is -5.16. The van der Waals surface area contributed by atoms with E-state index < -0.39 is 5.79 Å². The summed E-state index contributed by atoms with van der Waals surface area (Å²) in [7, 11) is 3.45. The molecule has 59 heavy (non-hydrogen) atoms. The van der Waals surface area contributed by atoms with E-state index in [9.17, 15) is 0 Å². The monoisotopic (exact) mass is 787 g/mol. The van der Waals surface area contributed by atoms with Crippen molar-refractivity contribution < 1.29 is 9.47 Å². The third kappa shape index (κ3) is 10.7. The van der Waals surface area contributed by atoms with E-state index in [1.807, 2.05) is 0 Å². The largest absolute Gasteiger partial charge is 0.346 e. The minimum atomic E-state index is -1.10. The maximum absolute atomic E-state index is 6.33. The zero-order valence-corrected chi connectivity index (χ0v) is 36.6.